The van der Waals surface area contributed by atoms with Crippen molar-refractivity contribution in [2.24, 2.45) is 5.92 Å². The summed E-state index contributed by atoms with van der Waals surface area (Å²) >= 11 is 0. The van der Waals surface area contributed by atoms with Gasteiger partial charge in [-0.2, -0.15) is 0 Å². The van der Waals surface area contributed by atoms with Crippen molar-refractivity contribution in [2.75, 3.05) is 19.7 Å². The van der Waals surface area contributed by atoms with E-state index in [2.05, 4.69) is 5.92 Å². The minimum Gasteiger partial charge on any atom is -0.396 e. The monoisotopic (exact) mass is 209 g/mol. The molecule has 0 aromatic carbocycles. The Balaban J connectivity index is 2.26. The molecule has 0 aliphatic heterocycles. The van der Waals surface area contributed by atoms with Crippen LogP contribution in [0, 0.1) is 18.3 Å². The summed E-state index contributed by atoms with van der Waals surface area (Å²) in [5, 5.41) is 8.62. The van der Waals surface area contributed by atoms with E-state index in [0.29, 0.717) is 25.3 Å². The van der Waals surface area contributed by atoms with Crippen LogP contribution in [0.25, 0.3) is 0 Å². The van der Waals surface area contributed by atoms with Gasteiger partial charge in [-0.05, 0) is 31.6 Å². The lowest BCUT2D eigenvalue weighted by atomic mass is 10.2. The molecule has 1 amide bonds. The highest BCUT2D eigenvalue weighted by atomic mass is 16.3. The molecule has 1 aliphatic rings. The highest BCUT2D eigenvalue weighted by molar-refractivity contribution is 5.76. The predicted octanol–water partition coefficient (Wildman–Crippen LogP) is 1.02. The number of hydrogen-bond donors (Lipinski definition) is 1. The molecule has 0 heterocycles. The lowest BCUT2D eigenvalue weighted by molar-refractivity contribution is -0.131. The van der Waals surface area contributed by atoms with Crippen LogP contribution in [0.5, 0.6) is 0 Å². The van der Waals surface area contributed by atoms with Crippen LogP contribution in [0.3, 0.4) is 0 Å². The van der Waals surface area contributed by atoms with Crippen LogP contribution < -0.4 is 0 Å². The van der Waals surface area contributed by atoms with E-state index in [-0.39, 0.29) is 12.5 Å². The number of hydrogen-bond acceptors (Lipinski definition) is 2. The Labute approximate surface area is 91.5 Å². The Morgan fingerprint density at radius 3 is 2.73 bits per heavy atom. The van der Waals surface area contributed by atoms with E-state index in [9.17, 15) is 4.79 Å². The number of aliphatic hydroxyl groups excluding tert-OH is 1. The van der Waals surface area contributed by atoms with Crippen LogP contribution in [-0.2, 0) is 4.79 Å². The van der Waals surface area contributed by atoms with Crippen molar-refractivity contribution >= 4 is 5.91 Å². The maximum absolute atomic E-state index is 11.7. The van der Waals surface area contributed by atoms with Crippen molar-refractivity contribution in [3.05, 3.63) is 0 Å². The van der Waals surface area contributed by atoms with E-state index in [1.807, 2.05) is 0 Å². The number of nitrogens with zero attached hydrogens (tertiary/aromatic N) is 1. The van der Waals surface area contributed by atoms with Crippen molar-refractivity contribution in [2.45, 2.75) is 32.1 Å². The highest BCUT2D eigenvalue weighted by Gasteiger charge is 2.25. The normalized spacial score (nSPS) is 14.7. The van der Waals surface area contributed by atoms with E-state index in [4.69, 9.17) is 11.5 Å². The molecule has 1 rings (SSSR count). The third-order valence-electron chi connectivity index (χ3n) is 2.61. The largest absolute Gasteiger partial charge is 0.396 e. The molecule has 0 atom stereocenters. The quantitative estimate of drug-likeness (QED) is 0.502. The number of rotatable bonds is 7. The summed E-state index contributed by atoms with van der Waals surface area (Å²) in [6.07, 6.45) is 9.64. The van der Waals surface area contributed by atoms with Crippen LogP contribution in [-0.4, -0.2) is 35.6 Å². The zero-order valence-electron chi connectivity index (χ0n) is 9.11. The molecule has 0 aromatic rings. The number of carbonyl (C=O) groups excluding carboxylic acids is 1. The molecule has 1 aliphatic carbocycles. The molecule has 1 saturated carbocycles. The van der Waals surface area contributed by atoms with Gasteiger partial charge in [0.2, 0.25) is 5.91 Å². The third kappa shape index (κ3) is 4.85. The van der Waals surface area contributed by atoms with E-state index in [1.165, 1.54) is 12.8 Å². The fraction of sp³-hybridized carbons (Fsp3) is 0.750. The first-order valence-electron chi connectivity index (χ1n) is 5.60. The smallest absolute Gasteiger partial charge is 0.223 e. The summed E-state index contributed by atoms with van der Waals surface area (Å²) in [7, 11) is 0. The number of terminal acetylenes is 1. The first-order chi connectivity index (χ1) is 7.27. The summed E-state index contributed by atoms with van der Waals surface area (Å²) in [6, 6.07) is 0. The molecule has 15 heavy (non-hydrogen) atoms. The molecule has 0 spiro atoms. The summed E-state index contributed by atoms with van der Waals surface area (Å²) in [6.45, 7) is 1.40. The highest BCUT2D eigenvalue weighted by Crippen LogP contribution is 2.29. The van der Waals surface area contributed by atoms with Gasteiger partial charge in [0, 0.05) is 19.6 Å². The molecule has 0 bridgehead atoms. The molecule has 0 aromatic heterocycles. The average Bonchev–Trinajstić information content (AvgIpc) is 3.01. The van der Waals surface area contributed by atoms with Crippen LogP contribution in [0.1, 0.15) is 32.1 Å². The predicted molar refractivity (Wildman–Crippen MR) is 59.1 cm³/mol. The Hall–Kier alpha value is -1.01. The average molecular weight is 209 g/mol. The maximum Gasteiger partial charge on any atom is 0.223 e. The second-order valence-electron chi connectivity index (χ2n) is 4.10. The van der Waals surface area contributed by atoms with Gasteiger partial charge in [-0.3, -0.25) is 4.79 Å². The minimum atomic E-state index is 0.133. The molecule has 0 saturated heterocycles. The van der Waals surface area contributed by atoms with E-state index in [0.717, 1.165) is 13.0 Å². The summed E-state index contributed by atoms with van der Waals surface area (Å²) < 4.78 is 0. The number of carbonyl (C=O) groups is 1. The van der Waals surface area contributed by atoms with Crippen LogP contribution in [0.2, 0.25) is 0 Å². The second-order valence-corrected chi connectivity index (χ2v) is 4.10. The van der Waals surface area contributed by atoms with Crippen molar-refractivity contribution in [3.63, 3.8) is 0 Å². The van der Waals surface area contributed by atoms with Gasteiger partial charge in [-0.1, -0.05) is 5.92 Å². The Morgan fingerprint density at radius 2 is 2.20 bits per heavy atom. The standard InChI is InChI=1S/C12H19NO2/c1-2-8-13(10-11-6-7-11)12(15)5-3-4-9-14/h1,11,14H,3-10H2. The Kier molecular flexibility index (Phi) is 5.20. The molecule has 84 valence electrons. The van der Waals surface area contributed by atoms with Gasteiger partial charge in [0.15, 0.2) is 0 Å². The first-order valence-corrected chi connectivity index (χ1v) is 5.60. The summed E-state index contributed by atoms with van der Waals surface area (Å²) in [5.41, 5.74) is 0. The van der Waals surface area contributed by atoms with Crippen LogP contribution in [0.4, 0.5) is 0 Å². The van der Waals surface area contributed by atoms with Crippen LogP contribution in [0.15, 0.2) is 0 Å². The van der Waals surface area contributed by atoms with Crippen molar-refractivity contribution in [3.8, 4) is 12.3 Å². The first kappa shape index (κ1) is 12.1. The van der Waals surface area contributed by atoms with Gasteiger partial charge >= 0.3 is 0 Å². The third-order valence-corrected chi connectivity index (χ3v) is 2.61. The molecule has 1 N–H and O–H groups in total. The lowest BCUT2D eigenvalue weighted by Crippen LogP contribution is -2.33. The van der Waals surface area contributed by atoms with E-state index >= 15 is 0 Å². The molecule has 1 fully saturated rings. The zero-order chi connectivity index (χ0) is 11.1. The molecule has 3 heteroatoms. The molecular weight excluding hydrogens is 190 g/mol. The minimum absolute atomic E-state index is 0.133. The van der Waals surface area contributed by atoms with Crippen molar-refractivity contribution in [1.29, 1.82) is 0 Å². The summed E-state index contributed by atoms with van der Waals surface area (Å²) in [5.74, 6) is 3.34. The van der Waals surface area contributed by atoms with Gasteiger partial charge in [-0.25, -0.2) is 0 Å². The molecular formula is C12H19NO2. The van der Waals surface area contributed by atoms with E-state index in [1.54, 1.807) is 4.90 Å². The SMILES string of the molecule is C#CCN(CC1CC1)C(=O)CCCCO. The summed E-state index contributed by atoms with van der Waals surface area (Å²) in [4.78, 5) is 13.5. The van der Waals surface area contributed by atoms with Gasteiger partial charge in [0.25, 0.3) is 0 Å². The number of unbranched alkanes of at least 4 members (excludes halogenated alkanes) is 1. The topological polar surface area (TPSA) is 40.5 Å². The molecule has 0 unspecified atom stereocenters. The van der Waals surface area contributed by atoms with Crippen molar-refractivity contribution in [1.82, 2.24) is 4.90 Å². The van der Waals surface area contributed by atoms with Crippen LogP contribution >= 0.6 is 0 Å². The zero-order valence-corrected chi connectivity index (χ0v) is 9.11. The van der Waals surface area contributed by atoms with Gasteiger partial charge in [0.05, 0.1) is 6.54 Å². The Bertz CT molecular complexity index is 240. The number of aliphatic hydroxyl groups is 1. The van der Waals surface area contributed by atoms with Crippen molar-refractivity contribution < 1.29 is 9.90 Å². The van der Waals surface area contributed by atoms with E-state index < -0.39 is 0 Å². The fourth-order valence-electron chi connectivity index (χ4n) is 1.52. The van der Waals surface area contributed by atoms with Gasteiger partial charge in [-0.15, -0.1) is 6.42 Å². The molecule has 3 nitrogen and oxygen atoms in total. The maximum atomic E-state index is 11.7. The lowest BCUT2D eigenvalue weighted by Gasteiger charge is -2.19. The van der Waals surface area contributed by atoms with Gasteiger partial charge in [0.1, 0.15) is 0 Å². The Morgan fingerprint density at radius 1 is 1.47 bits per heavy atom. The fourth-order valence-corrected chi connectivity index (χ4v) is 1.52. The second kappa shape index (κ2) is 6.47. The van der Waals surface area contributed by atoms with Gasteiger partial charge < -0.3 is 10.0 Å². The molecule has 0 radical (unpaired) electrons. The number of amides is 1.